The Kier molecular flexibility index (Phi) is 14.3. The zero-order chi connectivity index (χ0) is 42.0. The lowest BCUT2D eigenvalue weighted by Gasteiger charge is -2.30. The number of fused-ring (bicyclic) bond motifs is 3. The van der Waals surface area contributed by atoms with Crippen molar-refractivity contribution in [3.63, 3.8) is 0 Å². The number of hydrogen-bond donors (Lipinski definition) is 8. The number of likely N-dealkylation sites (tertiary alicyclic amines) is 1. The maximum Gasteiger partial charge on any atom is 0.322 e. The molecule has 0 radical (unpaired) electrons. The third-order valence-corrected chi connectivity index (χ3v) is 9.35. The van der Waals surface area contributed by atoms with Gasteiger partial charge in [-0.1, -0.05) is 30.3 Å². The molecule has 11 N–H and O–H groups in total. The lowest BCUT2D eigenvalue weighted by atomic mass is 9.83. The first-order chi connectivity index (χ1) is 27.0. The molecule has 2 aromatic rings. The van der Waals surface area contributed by atoms with Crippen LogP contribution in [0.4, 0.5) is 0 Å². The van der Waals surface area contributed by atoms with E-state index < -0.39 is 108 Å². The highest BCUT2D eigenvalue weighted by Gasteiger charge is 2.40. The second kappa shape index (κ2) is 19.0. The molecule has 0 aromatic heterocycles. The number of amides is 8. The highest BCUT2D eigenvalue weighted by molar-refractivity contribution is 6.53. The molecular formula is C37H42N8O12. The molecule has 1 heterocycles. The number of primary amides is 3. The number of nitrogens with one attached hydrogen (secondary N) is 4. The van der Waals surface area contributed by atoms with Crippen molar-refractivity contribution in [2.24, 2.45) is 17.2 Å². The molecule has 4 atom stereocenters. The summed E-state index contributed by atoms with van der Waals surface area (Å²) >= 11 is 0. The molecule has 57 heavy (non-hydrogen) atoms. The Morgan fingerprint density at radius 1 is 0.684 bits per heavy atom. The number of carboxylic acid groups (broad SMARTS) is 1. The van der Waals surface area contributed by atoms with Crippen molar-refractivity contribution in [3.8, 4) is 11.1 Å². The number of rotatable bonds is 19. The van der Waals surface area contributed by atoms with E-state index in [2.05, 4.69) is 21.3 Å². The third kappa shape index (κ3) is 11.0. The van der Waals surface area contributed by atoms with Crippen LogP contribution < -0.4 is 38.5 Å². The minimum absolute atomic E-state index is 0.00287. The average molecular weight is 791 g/mol. The van der Waals surface area contributed by atoms with Gasteiger partial charge in [0.05, 0.1) is 0 Å². The van der Waals surface area contributed by atoms with Gasteiger partial charge >= 0.3 is 5.97 Å². The van der Waals surface area contributed by atoms with Crippen molar-refractivity contribution in [3.05, 3.63) is 59.2 Å². The lowest BCUT2D eigenvalue weighted by molar-refractivity contribution is -0.143. The van der Waals surface area contributed by atoms with Gasteiger partial charge in [-0.25, -0.2) is 0 Å². The normalized spacial score (nSPS) is 15.9. The molecule has 20 heteroatoms. The highest BCUT2D eigenvalue weighted by atomic mass is 16.4. The Balaban J connectivity index is 1.54. The molecule has 1 aliphatic carbocycles. The Labute approximate surface area is 324 Å². The van der Waals surface area contributed by atoms with Crippen LogP contribution in [0.5, 0.6) is 0 Å². The number of aliphatic carboxylic acids is 1. The van der Waals surface area contributed by atoms with Crippen LogP contribution in [0.2, 0.25) is 0 Å². The minimum atomic E-state index is -1.50. The van der Waals surface area contributed by atoms with Gasteiger partial charge in [0, 0.05) is 42.5 Å². The maximum absolute atomic E-state index is 14.0. The van der Waals surface area contributed by atoms with Gasteiger partial charge in [-0.05, 0) is 55.4 Å². The number of benzene rings is 2. The predicted octanol–water partition coefficient (Wildman–Crippen LogP) is -2.21. The first-order valence-corrected chi connectivity index (χ1v) is 17.9. The fourth-order valence-electron chi connectivity index (χ4n) is 6.49. The minimum Gasteiger partial charge on any atom is -0.480 e. The maximum atomic E-state index is 14.0. The SMILES string of the molecule is NC(=O)CC[C@H](NC(=O)c1ccc2c(c1)C(=O)C(=O)c1ccccc1-2)C(=O)N[C@@H](CCC(N)=O)C(=O)N1CCC[C@H]1C(=O)N[C@@H](CCC(N)=O)C(=O)NCC(=O)O. The largest absolute Gasteiger partial charge is 0.480 e. The van der Waals surface area contributed by atoms with Gasteiger partial charge in [-0.3, -0.25) is 52.7 Å². The van der Waals surface area contributed by atoms with Crippen LogP contribution in [-0.2, 0) is 38.4 Å². The molecule has 8 amide bonds. The van der Waals surface area contributed by atoms with Gasteiger partial charge in [0.15, 0.2) is 0 Å². The molecule has 20 nitrogen and oxygen atoms in total. The number of carbonyl (C=O) groups excluding carboxylic acids is 10. The van der Waals surface area contributed by atoms with E-state index in [0.717, 1.165) is 4.90 Å². The summed E-state index contributed by atoms with van der Waals surface area (Å²) in [7, 11) is 0. The molecule has 0 unspecified atom stereocenters. The fraction of sp³-hybridized carbons (Fsp3) is 0.378. The summed E-state index contributed by atoms with van der Waals surface area (Å²) in [5.74, 6) is -9.85. The van der Waals surface area contributed by atoms with Gasteiger partial charge < -0.3 is 48.5 Å². The van der Waals surface area contributed by atoms with Crippen molar-refractivity contribution in [2.75, 3.05) is 13.1 Å². The van der Waals surface area contributed by atoms with Gasteiger partial charge in [0.2, 0.25) is 52.9 Å². The lowest BCUT2D eigenvalue weighted by Crippen LogP contribution is -2.58. The van der Waals surface area contributed by atoms with Crippen molar-refractivity contribution >= 4 is 64.8 Å². The number of hydrogen-bond acceptors (Lipinski definition) is 11. The van der Waals surface area contributed by atoms with E-state index in [1.807, 2.05) is 0 Å². The third-order valence-electron chi connectivity index (χ3n) is 9.35. The Hall–Kier alpha value is -6.99. The molecule has 302 valence electrons. The van der Waals surface area contributed by atoms with Crippen LogP contribution in [0.15, 0.2) is 42.5 Å². The van der Waals surface area contributed by atoms with Gasteiger partial charge in [0.25, 0.3) is 5.91 Å². The van der Waals surface area contributed by atoms with Crippen LogP contribution in [0.3, 0.4) is 0 Å². The summed E-state index contributed by atoms with van der Waals surface area (Å²) in [6, 6.07) is 4.93. The number of carboxylic acids is 1. The summed E-state index contributed by atoms with van der Waals surface area (Å²) in [5, 5.41) is 18.4. The van der Waals surface area contributed by atoms with Gasteiger partial charge in [0.1, 0.15) is 30.7 Å². The van der Waals surface area contributed by atoms with Crippen LogP contribution in [0.1, 0.15) is 82.4 Å². The monoisotopic (exact) mass is 790 g/mol. The topological polar surface area (TPSA) is 337 Å². The molecule has 0 spiro atoms. The first kappa shape index (κ1) is 42.7. The quantitative estimate of drug-likeness (QED) is 0.0703. The number of Topliss-reactive ketones (excluding diaryl/α,β-unsaturated/α-hetero) is 2. The van der Waals surface area contributed by atoms with E-state index in [-0.39, 0.29) is 55.3 Å². The molecule has 0 saturated carbocycles. The van der Waals surface area contributed by atoms with Crippen LogP contribution in [-0.4, -0.2) is 112 Å². The second-order valence-electron chi connectivity index (χ2n) is 13.4. The summed E-state index contributed by atoms with van der Waals surface area (Å²) in [4.78, 5) is 140. The molecule has 2 aliphatic rings. The summed E-state index contributed by atoms with van der Waals surface area (Å²) in [6.07, 6.45) is -1.70. The molecule has 0 bridgehead atoms. The Morgan fingerprint density at radius 2 is 1.23 bits per heavy atom. The number of nitrogens with two attached hydrogens (primary N) is 3. The van der Waals surface area contributed by atoms with Crippen LogP contribution in [0, 0.1) is 0 Å². The Morgan fingerprint density at radius 3 is 1.82 bits per heavy atom. The van der Waals surface area contributed by atoms with E-state index in [0.29, 0.717) is 17.5 Å². The van der Waals surface area contributed by atoms with Gasteiger partial charge in [-0.2, -0.15) is 0 Å². The second-order valence-corrected chi connectivity index (χ2v) is 13.4. The Bertz CT molecular complexity index is 2020. The van der Waals surface area contributed by atoms with E-state index in [1.54, 1.807) is 18.2 Å². The number of nitrogens with zero attached hydrogens (tertiary/aromatic N) is 1. The van der Waals surface area contributed by atoms with E-state index in [1.165, 1.54) is 24.3 Å². The smallest absolute Gasteiger partial charge is 0.322 e. The molecular weight excluding hydrogens is 748 g/mol. The molecule has 4 rings (SSSR count). The average Bonchev–Trinajstić information content (AvgIpc) is 3.67. The summed E-state index contributed by atoms with van der Waals surface area (Å²) in [6.45, 7) is -0.774. The predicted molar refractivity (Wildman–Crippen MR) is 196 cm³/mol. The van der Waals surface area contributed by atoms with Gasteiger partial charge in [-0.15, -0.1) is 0 Å². The van der Waals surface area contributed by atoms with E-state index >= 15 is 0 Å². The van der Waals surface area contributed by atoms with Crippen molar-refractivity contribution in [1.29, 1.82) is 0 Å². The molecule has 1 fully saturated rings. The van der Waals surface area contributed by atoms with Crippen molar-refractivity contribution in [1.82, 2.24) is 26.2 Å². The zero-order valence-corrected chi connectivity index (χ0v) is 30.5. The van der Waals surface area contributed by atoms with Crippen LogP contribution in [0.25, 0.3) is 11.1 Å². The number of ketones is 2. The van der Waals surface area contributed by atoms with Crippen molar-refractivity contribution in [2.45, 2.75) is 75.5 Å². The van der Waals surface area contributed by atoms with Crippen molar-refractivity contribution < 1.29 is 57.8 Å². The molecule has 1 saturated heterocycles. The summed E-state index contributed by atoms with van der Waals surface area (Å²) < 4.78 is 0. The number of carbonyl (C=O) groups is 11. The standard InChI is InChI=1S/C37H42N8O12/c38-27(46)12-9-23(34(54)41-17-30(49)50)43-36(56)26-6-3-15-45(26)37(57)25(11-14-29(40)48)44-35(55)24(10-13-28(39)47)42-33(53)18-7-8-20-19-4-1-2-5-21(19)31(51)32(52)22(20)16-18/h1-2,4-5,7-8,16,23-26H,3,6,9-15,17H2,(H2,38,46)(H2,39,47)(H2,40,48)(H,41,54)(H,42,53)(H,43,56)(H,44,55)(H,49,50)/t23-,24-,25-,26-/m0/s1. The first-order valence-electron chi connectivity index (χ1n) is 17.9. The zero-order valence-electron chi connectivity index (χ0n) is 30.5. The van der Waals surface area contributed by atoms with E-state index in [9.17, 15) is 52.7 Å². The summed E-state index contributed by atoms with van der Waals surface area (Å²) in [5.41, 5.74) is 16.8. The van der Waals surface area contributed by atoms with E-state index in [4.69, 9.17) is 22.3 Å². The highest BCUT2D eigenvalue weighted by Crippen LogP contribution is 2.34. The molecule has 1 aliphatic heterocycles. The van der Waals surface area contributed by atoms with Crippen LogP contribution >= 0.6 is 0 Å². The fourth-order valence-corrected chi connectivity index (χ4v) is 6.49. The molecule has 2 aromatic carbocycles.